The molecule has 1 rings (SSSR count). The molecule has 0 amide bonds. The van der Waals surface area contributed by atoms with Crippen LogP contribution in [0, 0.1) is 5.41 Å². The summed E-state index contributed by atoms with van der Waals surface area (Å²) < 4.78 is 4.94. The van der Waals surface area contributed by atoms with Gasteiger partial charge in [-0.1, -0.05) is 0 Å². The topological polar surface area (TPSA) is 45.1 Å². The minimum Gasteiger partial charge on any atom is -0.383 e. The van der Waals surface area contributed by atoms with Crippen molar-refractivity contribution < 1.29 is 4.74 Å². The fourth-order valence-electron chi connectivity index (χ4n) is 0.641. The van der Waals surface area contributed by atoms with Crippen LogP contribution in [0.1, 0.15) is 6.92 Å². The lowest BCUT2D eigenvalue weighted by molar-refractivity contribution is 0.000781. The zero-order chi connectivity index (χ0) is 7.40. The number of hydrogen-bond acceptors (Lipinski definition) is 3. The Labute approximate surface area is 60.6 Å². The van der Waals surface area contributed by atoms with Gasteiger partial charge in [0.15, 0.2) is 0 Å². The van der Waals surface area contributed by atoms with E-state index in [2.05, 4.69) is 5.32 Å². The Morgan fingerprint density at radius 1 is 1.70 bits per heavy atom. The lowest BCUT2D eigenvalue weighted by Gasteiger charge is -2.25. The average Bonchev–Trinajstić information content (AvgIpc) is 1.75. The number of ether oxygens (including phenoxy) is 1. The quantitative estimate of drug-likeness (QED) is 0.561. The molecule has 0 radical (unpaired) electrons. The third-order valence-electron chi connectivity index (χ3n) is 1.30. The fraction of sp³-hybridized carbons (Fsp3) is 0.571. The first-order valence-electron chi connectivity index (χ1n) is 3.34. The first-order valence-corrected chi connectivity index (χ1v) is 3.34. The first kappa shape index (κ1) is 7.28. The lowest BCUT2D eigenvalue weighted by Crippen LogP contribution is -2.43. The van der Waals surface area contributed by atoms with Crippen molar-refractivity contribution in [1.29, 1.82) is 5.41 Å². The molecule has 1 fully saturated rings. The molecule has 10 heavy (non-hydrogen) atoms. The largest absolute Gasteiger partial charge is 0.383 e. The van der Waals surface area contributed by atoms with Crippen molar-refractivity contribution in [3.05, 3.63) is 12.3 Å². The van der Waals surface area contributed by atoms with E-state index in [1.54, 1.807) is 19.2 Å². The van der Waals surface area contributed by atoms with Gasteiger partial charge < -0.3 is 15.5 Å². The van der Waals surface area contributed by atoms with Crippen LogP contribution in [0.25, 0.3) is 0 Å². The summed E-state index contributed by atoms with van der Waals surface area (Å²) in [6, 6.07) is 0.468. The van der Waals surface area contributed by atoms with E-state index in [0.717, 1.165) is 13.2 Å². The van der Waals surface area contributed by atoms with Crippen molar-refractivity contribution in [3.63, 3.8) is 0 Å². The predicted molar refractivity (Wildman–Crippen MR) is 40.3 cm³/mol. The van der Waals surface area contributed by atoms with Gasteiger partial charge in [-0.25, -0.2) is 0 Å². The second kappa shape index (κ2) is 3.37. The minimum absolute atomic E-state index is 0.468. The van der Waals surface area contributed by atoms with Crippen molar-refractivity contribution >= 4 is 5.71 Å². The molecule has 0 saturated carbocycles. The Hall–Kier alpha value is -0.830. The van der Waals surface area contributed by atoms with Crippen LogP contribution in [0.4, 0.5) is 0 Å². The summed E-state index contributed by atoms with van der Waals surface area (Å²) in [6.45, 7) is 3.33. The second-order valence-corrected chi connectivity index (χ2v) is 2.42. The molecule has 0 atom stereocenters. The van der Waals surface area contributed by atoms with Crippen LogP contribution >= 0.6 is 0 Å². The van der Waals surface area contributed by atoms with Crippen LogP contribution in [-0.2, 0) is 4.74 Å². The molecule has 0 aromatic carbocycles. The Balaban J connectivity index is 2.08. The van der Waals surface area contributed by atoms with Crippen LogP contribution in [0.15, 0.2) is 12.3 Å². The van der Waals surface area contributed by atoms with E-state index < -0.39 is 0 Å². The molecule has 0 aromatic heterocycles. The highest BCUT2D eigenvalue weighted by atomic mass is 16.5. The Morgan fingerprint density at radius 2 is 2.40 bits per heavy atom. The van der Waals surface area contributed by atoms with Crippen molar-refractivity contribution in [3.8, 4) is 0 Å². The summed E-state index contributed by atoms with van der Waals surface area (Å²) in [5, 5.41) is 10.2. The van der Waals surface area contributed by atoms with Crippen molar-refractivity contribution in [1.82, 2.24) is 5.32 Å². The maximum absolute atomic E-state index is 7.06. The molecule has 0 unspecified atom stereocenters. The van der Waals surface area contributed by atoms with Gasteiger partial charge in [-0.15, -0.1) is 0 Å². The van der Waals surface area contributed by atoms with E-state index in [0.29, 0.717) is 11.8 Å². The van der Waals surface area contributed by atoms with Gasteiger partial charge in [0.1, 0.15) is 0 Å². The van der Waals surface area contributed by atoms with Crippen molar-refractivity contribution in [2.45, 2.75) is 13.0 Å². The predicted octanol–water partition coefficient (Wildman–Crippen LogP) is 0.528. The maximum Gasteiger partial charge on any atom is 0.0723 e. The SMILES string of the molecule is CC(=N)/C=C\NC1COC1. The van der Waals surface area contributed by atoms with E-state index in [1.165, 1.54) is 0 Å². The highest BCUT2D eigenvalue weighted by molar-refractivity contribution is 5.89. The molecular weight excluding hydrogens is 128 g/mol. The van der Waals surface area contributed by atoms with Gasteiger partial charge in [-0.05, 0) is 19.2 Å². The number of allylic oxidation sites excluding steroid dienone is 1. The zero-order valence-corrected chi connectivity index (χ0v) is 6.05. The second-order valence-electron chi connectivity index (χ2n) is 2.42. The minimum atomic E-state index is 0.468. The van der Waals surface area contributed by atoms with Crippen LogP contribution in [-0.4, -0.2) is 25.0 Å². The molecule has 3 nitrogen and oxygen atoms in total. The molecule has 2 N–H and O–H groups in total. The van der Waals surface area contributed by atoms with Gasteiger partial charge in [-0.3, -0.25) is 0 Å². The molecule has 1 aliphatic heterocycles. The molecule has 1 aliphatic rings. The zero-order valence-electron chi connectivity index (χ0n) is 6.05. The van der Waals surface area contributed by atoms with E-state index in [-0.39, 0.29) is 0 Å². The maximum atomic E-state index is 7.06. The van der Waals surface area contributed by atoms with E-state index >= 15 is 0 Å². The third kappa shape index (κ3) is 2.19. The summed E-state index contributed by atoms with van der Waals surface area (Å²) in [4.78, 5) is 0. The van der Waals surface area contributed by atoms with Gasteiger partial charge in [0.05, 0.1) is 19.3 Å². The van der Waals surface area contributed by atoms with Crippen molar-refractivity contribution in [2.24, 2.45) is 0 Å². The normalized spacial score (nSPS) is 18.9. The van der Waals surface area contributed by atoms with Crippen molar-refractivity contribution in [2.75, 3.05) is 13.2 Å². The summed E-state index contributed by atoms with van der Waals surface area (Å²) in [6.07, 6.45) is 3.54. The summed E-state index contributed by atoms with van der Waals surface area (Å²) in [7, 11) is 0. The van der Waals surface area contributed by atoms with Crippen LogP contribution in [0.2, 0.25) is 0 Å². The van der Waals surface area contributed by atoms with Crippen LogP contribution < -0.4 is 5.32 Å². The molecular formula is C7H12N2O. The van der Waals surface area contributed by atoms with Crippen LogP contribution in [0.3, 0.4) is 0 Å². The molecule has 1 saturated heterocycles. The standard InChI is InChI=1S/C7H12N2O/c1-6(8)2-3-9-7-4-10-5-7/h2-3,7-9H,4-5H2,1H3/b3-2-,8-6?. The van der Waals surface area contributed by atoms with Gasteiger partial charge in [0.2, 0.25) is 0 Å². The smallest absolute Gasteiger partial charge is 0.0723 e. The van der Waals surface area contributed by atoms with E-state index in [9.17, 15) is 0 Å². The first-order chi connectivity index (χ1) is 4.79. The highest BCUT2D eigenvalue weighted by Gasteiger charge is 2.15. The molecule has 0 spiro atoms. The number of nitrogens with one attached hydrogen (secondary N) is 2. The van der Waals surface area contributed by atoms with E-state index in [1.807, 2.05) is 0 Å². The Bertz CT molecular complexity index is 150. The Morgan fingerprint density at radius 3 is 2.80 bits per heavy atom. The lowest BCUT2D eigenvalue weighted by atomic mass is 10.3. The van der Waals surface area contributed by atoms with Gasteiger partial charge in [-0.2, -0.15) is 0 Å². The average molecular weight is 140 g/mol. The third-order valence-corrected chi connectivity index (χ3v) is 1.30. The Kier molecular flexibility index (Phi) is 2.45. The monoisotopic (exact) mass is 140 g/mol. The van der Waals surface area contributed by atoms with E-state index in [4.69, 9.17) is 10.1 Å². The number of rotatable bonds is 3. The molecule has 0 aliphatic carbocycles. The molecule has 56 valence electrons. The summed E-state index contributed by atoms with van der Waals surface area (Å²) in [5.74, 6) is 0. The number of hydrogen-bond donors (Lipinski definition) is 2. The fourth-order valence-corrected chi connectivity index (χ4v) is 0.641. The molecule has 3 heteroatoms. The van der Waals surface area contributed by atoms with Gasteiger partial charge in [0, 0.05) is 5.71 Å². The van der Waals surface area contributed by atoms with Gasteiger partial charge in [0.25, 0.3) is 0 Å². The van der Waals surface area contributed by atoms with Gasteiger partial charge >= 0.3 is 0 Å². The van der Waals surface area contributed by atoms with Crippen LogP contribution in [0.5, 0.6) is 0 Å². The highest BCUT2D eigenvalue weighted by Crippen LogP contribution is 1.98. The summed E-state index contributed by atoms with van der Waals surface area (Å²) >= 11 is 0. The molecule has 1 heterocycles. The summed E-state index contributed by atoms with van der Waals surface area (Å²) in [5.41, 5.74) is 0.563. The molecule has 0 aromatic rings. The molecule has 0 bridgehead atoms.